The molecule has 0 aromatic heterocycles. The predicted octanol–water partition coefficient (Wildman–Crippen LogP) is 2.23. The first-order valence-corrected chi connectivity index (χ1v) is 6.36. The third-order valence-corrected chi connectivity index (χ3v) is 2.91. The molecule has 1 unspecified atom stereocenters. The molecule has 0 aliphatic carbocycles. The van der Waals surface area contributed by atoms with Crippen LogP contribution in [-0.2, 0) is 0 Å². The number of aliphatic hydroxyl groups excluding tert-OH is 1. The lowest BCUT2D eigenvalue weighted by molar-refractivity contribution is 0.227. The zero-order valence-electron chi connectivity index (χ0n) is 11.5. The fraction of sp³-hybridized carbons (Fsp3) is 0.429. The molecule has 1 aromatic carbocycles. The molecule has 1 aromatic rings. The lowest BCUT2D eigenvalue weighted by Gasteiger charge is -2.21. The van der Waals surface area contributed by atoms with Crippen LogP contribution in [0.5, 0.6) is 0 Å². The van der Waals surface area contributed by atoms with E-state index in [0.717, 1.165) is 6.07 Å². The van der Waals surface area contributed by atoms with Gasteiger partial charge in [0, 0.05) is 18.3 Å². The highest BCUT2D eigenvalue weighted by Gasteiger charge is 2.15. The summed E-state index contributed by atoms with van der Waals surface area (Å²) in [5.74, 6) is -0.449. The van der Waals surface area contributed by atoms with E-state index >= 15 is 0 Å². The Labute approximate surface area is 117 Å². The fourth-order valence-corrected chi connectivity index (χ4v) is 1.74. The van der Waals surface area contributed by atoms with Gasteiger partial charge in [-0.1, -0.05) is 13.8 Å². The Morgan fingerprint density at radius 2 is 2.20 bits per heavy atom. The number of anilines is 1. The maximum absolute atomic E-state index is 13.1. The van der Waals surface area contributed by atoms with E-state index in [1.807, 2.05) is 13.8 Å². The van der Waals surface area contributed by atoms with Crippen molar-refractivity contribution >= 4 is 11.7 Å². The SMILES string of the molecule is CC(C)C(CCO)NC(=O)Nc1ccc(F)c(C#N)c1. The Hall–Kier alpha value is -2.13. The number of urea groups is 1. The maximum atomic E-state index is 13.1. The normalized spacial score (nSPS) is 11.8. The second kappa shape index (κ2) is 7.46. The van der Waals surface area contributed by atoms with Gasteiger partial charge < -0.3 is 15.7 Å². The summed E-state index contributed by atoms with van der Waals surface area (Å²) >= 11 is 0. The van der Waals surface area contributed by atoms with E-state index in [-0.39, 0.29) is 24.1 Å². The summed E-state index contributed by atoms with van der Waals surface area (Å²) in [6, 6.07) is 4.88. The minimum Gasteiger partial charge on any atom is -0.396 e. The highest BCUT2D eigenvalue weighted by molar-refractivity contribution is 5.89. The number of amides is 2. The van der Waals surface area contributed by atoms with Crippen LogP contribution in [-0.4, -0.2) is 23.8 Å². The first-order chi connectivity index (χ1) is 9.47. The first kappa shape index (κ1) is 15.9. The molecule has 20 heavy (non-hydrogen) atoms. The number of hydrogen-bond donors (Lipinski definition) is 3. The van der Waals surface area contributed by atoms with Crippen molar-refractivity contribution < 1.29 is 14.3 Å². The molecule has 0 radical (unpaired) electrons. The van der Waals surface area contributed by atoms with E-state index in [2.05, 4.69) is 10.6 Å². The minimum absolute atomic E-state index is 0.0156. The van der Waals surface area contributed by atoms with Crippen molar-refractivity contribution in [3.8, 4) is 6.07 Å². The molecule has 108 valence electrons. The van der Waals surface area contributed by atoms with Crippen LogP contribution >= 0.6 is 0 Å². The summed E-state index contributed by atoms with van der Waals surface area (Å²) in [7, 11) is 0. The van der Waals surface area contributed by atoms with Crippen LogP contribution in [0.25, 0.3) is 0 Å². The second-order valence-electron chi connectivity index (χ2n) is 4.77. The van der Waals surface area contributed by atoms with Crippen LogP contribution in [0, 0.1) is 23.1 Å². The average Bonchev–Trinajstić information content (AvgIpc) is 2.40. The molecule has 3 N–H and O–H groups in total. The largest absolute Gasteiger partial charge is 0.396 e. The Balaban J connectivity index is 2.69. The third kappa shape index (κ3) is 4.52. The van der Waals surface area contributed by atoms with Crippen molar-refractivity contribution in [2.45, 2.75) is 26.3 Å². The summed E-state index contributed by atoms with van der Waals surface area (Å²) in [6.45, 7) is 3.86. The lowest BCUT2D eigenvalue weighted by Crippen LogP contribution is -2.41. The van der Waals surface area contributed by atoms with Gasteiger partial charge in [-0.25, -0.2) is 9.18 Å². The summed E-state index contributed by atoms with van der Waals surface area (Å²) in [5.41, 5.74) is 0.213. The van der Waals surface area contributed by atoms with Gasteiger partial charge in [-0.05, 0) is 30.5 Å². The molecular weight excluding hydrogens is 261 g/mol. The molecule has 6 heteroatoms. The number of nitrogens with one attached hydrogen (secondary N) is 2. The molecule has 0 aliphatic rings. The van der Waals surface area contributed by atoms with Crippen molar-refractivity contribution in [1.29, 1.82) is 5.26 Å². The monoisotopic (exact) mass is 279 g/mol. The number of rotatable bonds is 5. The van der Waals surface area contributed by atoms with Gasteiger partial charge in [0.25, 0.3) is 0 Å². The first-order valence-electron chi connectivity index (χ1n) is 6.36. The molecule has 2 amide bonds. The van der Waals surface area contributed by atoms with Gasteiger partial charge >= 0.3 is 6.03 Å². The van der Waals surface area contributed by atoms with Gasteiger partial charge in [0.2, 0.25) is 0 Å². The topological polar surface area (TPSA) is 85.2 Å². The predicted molar refractivity (Wildman–Crippen MR) is 73.6 cm³/mol. The van der Waals surface area contributed by atoms with E-state index in [9.17, 15) is 9.18 Å². The quantitative estimate of drug-likeness (QED) is 0.772. The fourth-order valence-electron chi connectivity index (χ4n) is 1.74. The molecule has 0 fully saturated rings. The van der Waals surface area contributed by atoms with Crippen LogP contribution in [0.4, 0.5) is 14.9 Å². The molecule has 5 nitrogen and oxygen atoms in total. The number of nitrogens with zero attached hydrogens (tertiary/aromatic N) is 1. The van der Waals surface area contributed by atoms with Crippen LogP contribution < -0.4 is 10.6 Å². The molecule has 1 rings (SSSR count). The Bertz CT molecular complexity index is 512. The van der Waals surface area contributed by atoms with E-state index in [4.69, 9.17) is 10.4 Å². The molecule has 0 heterocycles. The molecule has 0 saturated carbocycles. The Kier molecular flexibility index (Phi) is 5.94. The van der Waals surface area contributed by atoms with Crippen molar-refractivity contribution in [2.75, 3.05) is 11.9 Å². The average molecular weight is 279 g/mol. The van der Waals surface area contributed by atoms with E-state index < -0.39 is 11.8 Å². The minimum atomic E-state index is -0.626. The van der Waals surface area contributed by atoms with Crippen molar-refractivity contribution in [2.24, 2.45) is 5.92 Å². The number of benzene rings is 1. The van der Waals surface area contributed by atoms with E-state index in [1.165, 1.54) is 12.1 Å². The zero-order valence-corrected chi connectivity index (χ0v) is 11.5. The van der Waals surface area contributed by atoms with Gasteiger partial charge in [0.05, 0.1) is 5.56 Å². The molecule has 0 bridgehead atoms. The standard InChI is InChI=1S/C14H18FN3O2/c1-9(2)13(5-6-19)18-14(20)17-11-3-4-12(15)10(7-11)8-16/h3-4,7,9,13,19H,5-6H2,1-2H3,(H2,17,18,20). The van der Waals surface area contributed by atoms with Crippen LogP contribution in [0.3, 0.4) is 0 Å². The third-order valence-electron chi connectivity index (χ3n) is 2.91. The number of carbonyl (C=O) groups excluding carboxylic acids is 1. The van der Waals surface area contributed by atoms with E-state index in [0.29, 0.717) is 12.1 Å². The van der Waals surface area contributed by atoms with Crippen molar-refractivity contribution in [3.63, 3.8) is 0 Å². The van der Waals surface area contributed by atoms with E-state index in [1.54, 1.807) is 6.07 Å². The summed E-state index contributed by atoms with van der Waals surface area (Å²) < 4.78 is 13.1. The van der Waals surface area contributed by atoms with Gasteiger partial charge in [-0.2, -0.15) is 5.26 Å². The van der Waals surface area contributed by atoms with Crippen molar-refractivity contribution in [1.82, 2.24) is 5.32 Å². The molecule has 0 saturated heterocycles. The van der Waals surface area contributed by atoms with Crippen molar-refractivity contribution in [3.05, 3.63) is 29.6 Å². The molecular formula is C14H18FN3O2. The number of nitriles is 1. The zero-order chi connectivity index (χ0) is 15.1. The number of aliphatic hydroxyl groups is 1. The second-order valence-corrected chi connectivity index (χ2v) is 4.77. The molecule has 1 atom stereocenters. The number of hydrogen-bond acceptors (Lipinski definition) is 3. The lowest BCUT2D eigenvalue weighted by atomic mass is 10.0. The highest BCUT2D eigenvalue weighted by atomic mass is 19.1. The summed E-state index contributed by atoms with van der Waals surface area (Å²) in [5, 5.41) is 22.9. The summed E-state index contributed by atoms with van der Waals surface area (Å²) in [6.07, 6.45) is 0.456. The molecule has 0 spiro atoms. The molecule has 0 aliphatic heterocycles. The Morgan fingerprint density at radius 1 is 1.50 bits per heavy atom. The Morgan fingerprint density at radius 3 is 2.75 bits per heavy atom. The van der Waals surface area contributed by atoms with Gasteiger partial charge in [-0.3, -0.25) is 0 Å². The van der Waals surface area contributed by atoms with Crippen LogP contribution in [0.1, 0.15) is 25.8 Å². The van der Waals surface area contributed by atoms with Gasteiger partial charge in [0.1, 0.15) is 11.9 Å². The van der Waals surface area contributed by atoms with Crippen LogP contribution in [0.15, 0.2) is 18.2 Å². The van der Waals surface area contributed by atoms with Crippen LogP contribution in [0.2, 0.25) is 0 Å². The maximum Gasteiger partial charge on any atom is 0.319 e. The summed E-state index contributed by atoms with van der Waals surface area (Å²) in [4.78, 5) is 11.8. The van der Waals surface area contributed by atoms with Gasteiger partial charge in [-0.15, -0.1) is 0 Å². The van der Waals surface area contributed by atoms with Gasteiger partial charge in [0.15, 0.2) is 0 Å². The number of halogens is 1. The number of carbonyl (C=O) groups is 1. The highest BCUT2D eigenvalue weighted by Crippen LogP contribution is 2.14. The smallest absolute Gasteiger partial charge is 0.319 e.